The SMILES string of the molecule is CCOC(C)c1nccn1-c1cccnc1. The Kier molecular flexibility index (Phi) is 3.31. The van der Waals surface area contributed by atoms with Crippen LogP contribution in [0.25, 0.3) is 5.69 Å². The highest BCUT2D eigenvalue weighted by molar-refractivity contribution is 5.29. The highest BCUT2D eigenvalue weighted by Crippen LogP contribution is 2.18. The van der Waals surface area contributed by atoms with Gasteiger partial charge in [0.05, 0.1) is 11.9 Å². The Bertz CT molecular complexity index is 439. The van der Waals surface area contributed by atoms with Gasteiger partial charge in [0.2, 0.25) is 0 Å². The van der Waals surface area contributed by atoms with Gasteiger partial charge in [-0.05, 0) is 26.0 Å². The molecule has 1 unspecified atom stereocenters. The number of hydrogen-bond donors (Lipinski definition) is 0. The van der Waals surface area contributed by atoms with Gasteiger partial charge in [-0.2, -0.15) is 0 Å². The third-order valence-electron chi connectivity index (χ3n) is 2.37. The third-order valence-corrected chi connectivity index (χ3v) is 2.37. The van der Waals surface area contributed by atoms with Crippen LogP contribution >= 0.6 is 0 Å². The Morgan fingerprint density at radius 2 is 2.31 bits per heavy atom. The minimum Gasteiger partial charge on any atom is -0.371 e. The van der Waals surface area contributed by atoms with E-state index in [2.05, 4.69) is 9.97 Å². The summed E-state index contributed by atoms with van der Waals surface area (Å²) >= 11 is 0. The summed E-state index contributed by atoms with van der Waals surface area (Å²) in [6.07, 6.45) is 7.25. The molecule has 0 aliphatic heterocycles. The number of hydrogen-bond acceptors (Lipinski definition) is 3. The summed E-state index contributed by atoms with van der Waals surface area (Å²) < 4.78 is 7.54. The minimum atomic E-state index is -0.0137. The molecule has 0 aliphatic rings. The van der Waals surface area contributed by atoms with Crippen LogP contribution in [0, 0.1) is 0 Å². The van der Waals surface area contributed by atoms with E-state index in [0.29, 0.717) is 6.61 Å². The number of rotatable bonds is 4. The number of pyridine rings is 1. The van der Waals surface area contributed by atoms with Crippen molar-refractivity contribution in [3.05, 3.63) is 42.7 Å². The van der Waals surface area contributed by atoms with Gasteiger partial charge in [-0.25, -0.2) is 4.98 Å². The van der Waals surface area contributed by atoms with Crippen LogP contribution in [0.4, 0.5) is 0 Å². The Balaban J connectivity index is 2.33. The van der Waals surface area contributed by atoms with E-state index < -0.39 is 0 Å². The van der Waals surface area contributed by atoms with Crippen molar-refractivity contribution in [2.45, 2.75) is 20.0 Å². The lowest BCUT2D eigenvalue weighted by atomic mass is 10.3. The van der Waals surface area contributed by atoms with Crippen molar-refractivity contribution in [2.75, 3.05) is 6.61 Å². The predicted molar refractivity (Wildman–Crippen MR) is 61.4 cm³/mol. The topological polar surface area (TPSA) is 39.9 Å². The molecule has 4 heteroatoms. The Morgan fingerprint density at radius 3 is 3.00 bits per heavy atom. The van der Waals surface area contributed by atoms with E-state index >= 15 is 0 Å². The fraction of sp³-hybridized carbons (Fsp3) is 0.333. The standard InChI is InChI=1S/C12H15N3O/c1-3-16-10(2)12-14-7-8-15(12)11-5-4-6-13-9-11/h4-10H,3H2,1-2H3. The first kappa shape index (κ1) is 10.8. The zero-order chi connectivity index (χ0) is 11.4. The van der Waals surface area contributed by atoms with Crippen molar-refractivity contribution in [1.29, 1.82) is 0 Å². The molecule has 0 bridgehead atoms. The Morgan fingerprint density at radius 1 is 1.44 bits per heavy atom. The average molecular weight is 217 g/mol. The predicted octanol–water partition coefficient (Wildman–Crippen LogP) is 2.36. The monoisotopic (exact) mass is 217 g/mol. The smallest absolute Gasteiger partial charge is 0.142 e. The lowest BCUT2D eigenvalue weighted by molar-refractivity contribution is 0.0691. The molecule has 0 amide bonds. The van der Waals surface area contributed by atoms with Crippen molar-refractivity contribution < 1.29 is 4.74 Å². The molecule has 2 aromatic heterocycles. The molecule has 0 spiro atoms. The van der Waals surface area contributed by atoms with Crippen LogP contribution in [0.5, 0.6) is 0 Å². The first-order valence-corrected chi connectivity index (χ1v) is 5.38. The summed E-state index contributed by atoms with van der Waals surface area (Å²) in [5.41, 5.74) is 1.00. The van der Waals surface area contributed by atoms with Crippen LogP contribution in [0.3, 0.4) is 0 Å². The van der Waals surface area contributed by atoms with Crippen LogP contribution in [0.15, 0.2) is 36.9 Å². The maximum Gasteiger partial charge on any atom is 0.142 e. The molecule has 0 N–H and O–H groups in total. The van der Waals surface area contributed by atoms with Crippen molar-refractivity contribution >= 4 is 0 Å². The van der Waals surface area contributed by atoms with Crippen LogP contribution < -0.4 is 0 Å². The van der Waals surface area contributed by atoms with Gasteiger partial charge in [0, 0.05) is 25.2 Å². The number of aromatic nitrogens is 3. The van der Waals surface area contributed by atoms with E-state index in [0.717, 1.165) is 11.5 Å². The summed E-state index contributed by atoms with van der Waals surface area (Å²) in [5.74, 6) is 0.898. The normalized spacial score (nSPS) is 12.6. The van der Waals surface area contributed by atoms with Crippen LogP contribution in [0.1, 0.15) is 25.8 Å². The lowest BCUT2D eigenvalue weighted by Gasteiger charge is -2.13. The zero-order valence-corrected chi connectivity index (χ0v) is 9.50. The summed E-state index contributed by atoms with van der Waals surface area (Å²) in [7, 11) is 0. The summed E-state index contributed by atoms with van der Waals surface area (Å²) in [4.78, 5) is 8.42. The van der Waals surface area contributed by atoms with Crippen LogP contribution in [-0.4, -0.2) is 21.1 Å². The largest absolute Gasteiger partial charge is 0.371 e. The van der Waals surface area contributed by atoms with Crippen molar-refractivity contribution in [1.82, 2.24) is 14.5 Å². The molecule has 4 nitrogen and oxygen atoms in total. The number of nitrogens with zero attached hydrogens (tertiary/aromatic N) is 3. The third kappa shape index (κ3) is 2.12. The molecule has 0 aliphatic carbocycles. The highest BCUT2D eigenvalue weighted by atomic mass is 16.5. The second kappa shape index (κ2) is 4.90. The van der Waals surface area contributed by atoms with Gasteiger partial charge in [-0.3, -0.25) is 4.98 Å². The van der Waals surface area contributed by atoms with E-state index in [9.17, 15) is 0 Å². The molecule has 16 heavy (non-hydrogen) atoms. The summed E-state index contributed by atoms with van der Waals surface area (Å²) in [6, 6.07) is 3.90. The van der Waals surface area contributed by atoms with E-state index in [-0.39, 0.29) is 6.10 Å². The summed E-state index contributed by atoms with van der Waals surface area (Å²) in [6.45, 7) is 4.66. The van der Waals surface area contributed by atoms with Crippen molar-refractivity contribution in [2.24, 2.45) is 0 Å². The quantitative estimate of drug-likeness (QED) is 0.789. The van der Waals surface area contributed by atoms with Gasteiger partial charge in [-0.1, -0.05) is 0 Å². The Labute approximate surface area is 94.9 Å². The minimum absolute atomic E-state index is 0.0137. The van der Waals surface area contributed by atoms with Crippen molar-refractivity contribution in [3.63, 3.8) is 0 Å². The van der Waals surface area contributed by atoms with Gasteiger partial charge in [0.1, 0.15) is 11.9 Å². The second-order valence-corrected chi connectivity index (χ2v) is 3.46. The molecule has 0 saturated heterocycles. The molecule has 2 aromatic rings. The fourth-order valence-corrected chi connectivity index (χ4v) is 1.65. The molecular weight excluding hydrogens is 202 g/mol. The lowest BCUT2D eigenvalue weighted by Crippen LogP contribution is -2.08. The number of ether oxygens (including phenoxy) is 1. The maximum absolute atomic E-state index is 5.54. The van der Waals surface area contributed by atoms with Gasteiger partial charge >= 0.3 is 0 Å². The van der Waals surface area contributed by atoms with Crippen LogP contribution in [0.2, 0.25) is 0 Å². The molecule has 0 aromatic carbocycles. The number of imidazole rings is 1. The molecule has 1 atom stereocenters. The zero-order valence-electron chi connectivity index (χ0n) is 9.50. The molecule has 84 valence electrons. The van der Waals surface area contributed by atoms with Crippen LogP contribution in [-0.2, 0) is 4.74 Å². The van der Waals surface area contributed by atoms with E-state index in [4.69, 9.17) is 4.74 Å². The van der Waals surface area contributed by atoms with Crippen molar-refractivity contribution in [3.8, 4) is 5.69 Å². The average Bonchev–Trinajstić information content (AvgIpc) is 2.79. The maximum atomic E-state index is 5.54. The Hall–Kier alpha value is -1.68. The first-order chi connectivity index (χ1) is 7.83. The van der Waals surface area contributed by atoms with Gasteiger partial charge in [-0.15, -0.1) is 0 Å². The van der Waals surface area contributed by atoms with Gasteiger partial charge < -0.3 is 9.30 Å². The second-order valence-electron chi connectivity index (χ2n) is 3.46. The van der Waals surface area contributed by atoms with E-state index in [1.54, 1.807) is 12.4 Å². The summed E-state index contributed by atoms with van der Waals surface area (Å²) in [5, 5.41) is 0. The molecule has 2 rings (SSSR count). The molecule has 2 heterocycles. The van der Waals surface area contributed by atoms with Gasteiger partial charge in [0.25, 0.3) is 0 Å². The highest BCUT2D eigenvalue weighted by Gasteiger charge is 2.12. The fourth-order valence-electron chi connectivity index (χ4n) is 1.65. The van der Waals surface area contributed by atoms with E-state index in [1.165, 1.54) is 0 Å². The van der Waals surface area contributed by atoms with E-state index in [1.807, 2.05) is 42.9 Å². The molecule has 0 saturated carbocycles. The first-order valence-electron chi connectivity index (χ1n) is 5.38. The molecular formula is C12H15N3O. The molecule has 0 radical (unpaired) electrons. The molecule has 0 fully saturated rings. The van der Waals surface area contributed by atoms with Gasteiger partial charge in [0.15, 0.2) is 0 Å².